The monoisotopic (exact) mass is 361 g/mol. The van der Waals surface area contributed by atoms with Gasteiger partial charge in [-0.3, -0.25) is 4.79 Å². The summed E-state index contributed by atoms with van der Waals surface area (Å²) in [6, 6.07) is 6.96. The Morgan fingerprint density at radius 3 is 2.54 bits per heavy atom. The lowest BCUT2D eigenvalue weighted by Gasteiger charge is -2.28. The molecule has 3 rings (SSSR count). The molecule has 0 fully saturated rings. The molecule has 2 aromatic carbocycles. The molecule has 1 atom stereocenters. The first kappa shape index (κ1) is 17.5. The quantitative estimate of drug-likeness (QED) is 0.785. The van der Waals surface area contributed by atoms with Crippen LogP contribution in [0.25, 0.3) is 0 Å². The van der Waals surface area contributed by atoms with Crippen LogP contribution in [0.1, 0.15) is 18.5 Å². The second-order valence-corrected chi connectivity index (χ2v) is 5.71. The summed E-state index contributed by atoms with van der Waals surface area (Å²) in [5.74, 6) is -3.31. The molecule has 0 saturated heterocycles. The van der Waals surface area contributed by atoms with Crippen LogP contribution < -0.4 is 16.0 Å². The highest BCUT2D eigenvalue weighted by atomic mass is 19.2. The Hall–Kier alpha value is -3.29. The van der Waals surface area contributed by atoms with Gasteiger partial charge in [0.2, 0.25) is 0 Å². The molecule has 0 radical (unpaired) electrons. The summed E-state index contributed by atoms with van der Waals surface area (Å²) < 4.78 is 39.9. The molecule has 5 nitrogen and oxygen atoms in total. The molecule has 1 aliphatic rings. The van der Waals surface area contributed by atoms with Gasteiger partial charge >= 0.3 is 6.03 Å². The molecule has 1 heterocycles. The fourth-order valence-electron chi connectivity index (χ4n) is 2.70. The van der Waals surface area contributed by atoms with Crippen molar-refractivity contribution < 1.29 is 22.8 Å². The van der Waals surface area contributed by atoms with Gasteiger partial charge in [-0.15, -0.1) is 0 Å². The van der Waals surface area contributed by atoms with E-state index in [1.165, 1.54) is 31.2 Å². The standard InChI is InChI=1S/C18H14F3N3O2/c1-9-15(17(25)23-12-5-6-13(20)14(21)8-12)16(24-18(26)22-9)10-3-2-4-11(19)7-10/h2-8,16H,1H3,(H,23,25)(H2,22,24,26)/t16-/m1/s1. The molecule has 0 unspecified atom stereocenters. The highest BCUT2D eigenvalue weighted by Gasteiger charge is 2.31. The number of allylic oxidation sites excluding steroid dienone is 1. The molecule has 0 saturated carbocycles. The number of benzene rings is 2. The number of hydrogen-bond donors (Lipinski definition) is 3. The van der Waals surface area contributed by atoms with E-state index in [-0.39, 0.29) is 17.0 Å². The Balaban J connectivity index is 1.95. The molecule has 3 amide bonds. The fraction of sp³-hybridized carbons (Fsp3) is 0.111. The molecule has 3 N–H and O–H groups in total. The average Bonchev–Trinajstić information content (AvgIpc) is 2.57. The van der Waals surface area contributed by atoms with Gasteiger partial charge in [0.15, 0.2) is 11.6 Å². The molecule has 26 heavy (non-hydrogen) atoms. The Bertz CT molecular complexity index is 928. The van der Waals surface area contributed by atoms with E-state index in [4.69, 9.17) is 0 Å². The van der Waals surface area contributed by atoms with Gasteiger partial charge in [0, 0.05) is 17.5 Å². The highest BCUT2D eigenvalue weighted by Crippen LogP contribution is 2.28. The van der Waals surface area contributed by atoms with Crippen LogP contribution in [0, 0.1) is 17.5 Å². The van der Waals surface area contributed by atoms with E-state index in [9.17, 15) is 22.8 Å². The molecule has 2 aromatic rings. The first-order valence-electron chi connectivity index (χ1n) is 7.65. The van der Waals surface area contributed by atoms with Crippen molar-refractivity contribution in [2.75, 3.05) is 5.32 Å². The normalized spacial score (nSPS) is 16.8. The topological polar surface area (TPSA) is 70.2 Å². The second kappa shape index (κ2) is 6.91. The van der Waals surface area contributed by atoms with Crippen molar-refractivity contribution in [1.82, 2.24) is 10.6 Å². The molecule has 0 bridgehead atoms. The zero-order valence-electron chi connectivity index (χ0n) is 13.6. The minimum atomic E-state index is -1.11. The van der Waals surface area contributed by atoms with Gasteiger partial charge in [-0.05, 0) is 36.8 Å². The van der Waals surface area contributed by atoms with Crippen LogP contribution in [0.3, 0.4) is 0 Å². The molecule has 0 aromatic heterocycles. The van der Waals surface area contributed by atoms with Crippen LogP contribution in [-0.2, 0) is 4.79 Å². The predicted octanol–water partition coefficient (Wildman–Crippen LogP) is 3.37. The summed E-state index contributed by atoms with van der Waals surface area (Å²) in [6.07, 6.45) is 0. The van der Waals surface area contributed by atoms with Crippen LogP contribution >= 0.6 is 0 Å². The van der Waals surface area contributed by atoms with Crippen molar-refractivity contribution in [3.63, 3.8) is 0 Å². The van der Waals surface area contributed by atoms with Gasteiger partial charge in [0.1, 0.15) is 5.82 Å². The Morgan fingerprint density at radius 1 is 1.08 bits per heavy atom. The highest BCUT2D eigenvalue weighted by molar-refractivity contribution is 6.06. The lowest BCUT2D eigenvalue weighted by Crippen LogP contribution is -2.46. The van der Waals surface area contributed by atoms with Gasteiger partial charge in [-0.1, -0.05) is 12.1 Å². The fourth-order valence-corrected chi connectivity index (χ4v) is 2.70. The van der Waals surface area contributed by atoms with Crippen molar-refractivity contribution >= 4 is 17.6 Å². The first-order chi connectivity index (χ1) is 12.3. The Kier molecular flexibility index (Phi) is 4.66. The third-order valence-corrected chi connectivity index (χ3v) is 3.87. The van der Waals surface area contributed by atoms with E-state index in [1.807, 2.05) is 0 Å². The van der Waals surface area contributed by atoms with Gasteiger partial charge in [0.25, 0.3) is 5.91 Å². The van der Waals surface area contributed by atoms with Crippen LogP contribution in [-0.4, -0.2) is 11.9 Å². The van der Waals surface area contributed by atoms with Crippen molar-refractivity contribution in [2.45, 2.75) is 13.0 Å². The largest absolute Gasteiger partial charge is 0.327 e. The number of nitrogens with one attached hydrogen (secondary N) is 3. The summed E-state index contributed by atoms with van der Waals surface area (Å²) in [6.45, 7) is 1.52. The van der Waals surface area contributed by atoms with Gasteiger partial charge in [0.05, 0.1) is 11.6 Å². The zero-order valence-corrected chi connectivity index (χ0v) is 13.6. The first-order valence-corrected chi connectivity index (χ1v) is 7.65. The van der Waals surface area contributed by atoms with E-state index < -0.39 is 35.4 Å². The summed E-state index contributed by atoms with van der Waals surface area (Å²) in [4.78, 5) is 24.5. The van der Waals surface area contributed by atoms with E-state index in [2.05, 4.69) is 16.0 Å². The number of urea groups is 1. The van der Waals surface area contributed by atoms with Crippen LogP contribution in [0.4, 0.5) is 23.7 Å². The third kappa shape index (κ3) is 3.53. The molecule has 8 heteroatoms. The number of carbonyl (C=O) groups is 2. The number of amides is 3. The molecular formula is C18H14F3N3O2. The maximum Gasteiger partial charge on any atom is 0.319 e. The zero-order chi connectivity index (χ0) is 18.8. The number of carbonyl (C=O) groups excluding carboxylic acids is 2. The molecule has 1 aliphatic heterocycles. The average molecular weight is 361 g/mol. The lowest BCUT2D eigenvalue weighted by atomic mass is 9.94. The van der Waals surface area contributed by atoms with E-state index in [0.29, 0.717) is 5.56 Å². The van der Waals surface area contributed by atoms with Crippen molar-refractivity contribution in [3.8, 4) is 0 Å². The summed E-state index contributed by atoms with van der Waals surface area (Å²) in [5.41, 5.74) is 0.807. The summed E-state index contributed by atoms with van der Waals surface area (Å²) in [7, 11) is 0. The minimum Gasteiger partial charge on any atom is -0.327 e. The van der Waals surface area contributed by atoms with Crippen molar-refractivity contribution in [2.24, 2.45) is 0 Å². The minimum absolute atomic E-state index is 0.0455. The van der Waals surface area contributed by atoms with E-state index in [0.717, 1.165) is 12.1 Å². The number of rotatable bonds is 3. The Labute approximate surface area is 146 Å². The van der Waals surface area contributed by atoms with Crippen molar-refractivity contribution in [1.29, 1.82) is 0 Å². The van der Waals surface area contributed by atoms with Crippen molar-refractivity contribution in [3.05, 3.63) is 76.7 Å². The lowest BCUT2D eigenvalue weighted by molar-refractivity contribution is -0.113. The SMILES string of the molecule is CC1=C(C(=O)Nc2ccc(F)c(F)c2)[C@@H](c2cccc(F)c2)NC(=O)N1. The smallest absolute Gasteiger partial charge is 0.319 e. The Morgan fingerprint density at radius 2 is 1.85 bits per heavy atom. The maximum atomic E-state index is 13.6. The summed E-state index contributed by atoms with van der Waals surface area (Å²) >= 11 is 0. The molecule has 0 aliphatic carbocycles. The summed E-state index contributed by atoms with van der Waals surface area (Å²) in [5, 5.41) is 7.48. The molecule has 134 valence electrons. The number of halogens is 3. The van der Waals surface area contributed by atoms with Crippen LogP contribution in [0.5, 0.6) is 0 Å². The number of hydrogen-bond acceptors (Lipinski definition) is 2. The van der Waals surface area contributed by atoms with Crippen LogP contribution in [0.2, 0.25) is 0 Å². The van der Waals surface area contributed by atoms with E-state index in [1.54, 1.807) is 6.07 Å². The molecular weight excluding hydrogens is 347 g/mol. The second-order valence-electron chi connectivity index (χ2n) is 5.71. The third-order valence-electron chi connectivity index (χ3n) is 3.87. The van der Waals surface area contributed by atoms with Crippen LogP contribution in [0.15, 0.2) is 53.7 Å². The van der Waals surface area contributed by atoms with E-state index >= 15 is 0 Å². The van der Waals surface area contributed by atoms with Gasteiger partial charge < -0.3 is 16.0 Å². The maximum absolute atomic E-state index is 13.6. The predicted molar refractivity (Wildman–Crippen MR) is 88.5 cm³/mol. The van der Waals surface area contributed by atoms with Gasteiger partial charge in [-0.2, -0.15) is 0 Å². The number of anilines is 1. The molecule has 0 spiro atoms. The van der Waals surface area contributed by atoms with Gasteiger partial charge in [-0.25, -0.2) is 18.0 Å².